The van der Waals surface area contributed by atoms with Crippen LogP contribution in [0.2, 0.25) is 5.02 Å². The number of H-pyrrole nitrogens is 4. The highest BCUT2D eigenvalue weighted by Crippen LogP contribution is 2.50. The Kier molecular flexibility index (Phi) is 31.5. The van der Waals surface area contributed by atoms with Gasteiger partial charge in [-0.2, -0.15) is 0 Å². The second-order valence-electron chi connectivity index (χ2n) is 43.4. The van der Waals surface area contributed by atoms with Gasteiger partial charge in [0.2, 0.25) is 0 Å². The van der Waals surface area contributed by atoms with E-state index in [0.717, 1.165) is 201 Å². The number of fused-ring (bicyclic) bond motifs is 12. The lowest BCUT2D eigenvalue weighted by atomic mass is 9.87. The van der Waals surface area contributed by atoms with Crippen LogP contribution in [0, 0.1) is 29.2 Å². The van der Waals surface area contributed by atoms with Crippen molar-refractivity contribution in [3.05, 3.63) is 259 Å². The molecule has 0 spiro atoms. The molecule has 20 rings (SSSR count). The van der Waals surface area contributed by atoms with Gasteiger partial charge in [-0.25, -0.2) is 30.7 Å². The lowest BCUT2D eigenvalue weighted by Gasteiger charge is -2.43. The van der Waals surface area contributed by atoms with E-state index < -0.39 is 52.4 Å². The minimum Gasteiger partial charge on any atom is -0.488 e. The second-order valence-corrected chi connectivity index (χ2v) is 43.8. The summed E-state index contributed by atoms with van der Waals surface area (Å²) >= 11 is 6.93. The number of nitrogens with one attached hydrogen (secondary N) is 4. The van der Waals surface area contributed by atoms with Crippen LogP contribution in [-0.2, 0) is 25.7 Å². The normalized spacial score (nSPS) is 21.9. The summed E-state index contributed by atoms with van der Waals surface area (Å²) in [7, 11) is 0. The van der Waals surface area contributed by atoms with Crippen molar-refractivity contribution >= 4 is 55.2 Å². The zero-order valence-corrected chi connectivity index (χ0v) is 85.4. The Morgan fingerprint density at radius 3 is 1.11 bits per heavy atom. The fraction of sp³-hybridized carbons (Fsp3) is 0.513. The van der Waals surface area contributed by atoms with Crippen molar-refractivity contribution in [3.63, 3.8) is 0 Å². The molecule has 8 aliphatic rings. The average molecular weight is 1950 g/mol. The highest BCUT2D eigenvalue weighted by atomic mass is 35.5. The quantitative estimate of drug-likeness (QED) is 0.0309. The van der Waals surface area contributed by atoms with Crippen LogP contribution in [0.3, 0.4) is 0 Å². The summed E-state index contributed by atoms with van der Waals surface area (Å²) in [6.45, 7) is 42.2. The van der Waals surface area contributed by atoms with Gasteiger partial charge in [0.1, 0.15) is 87.7 Å². The molecule has 0 radical (unpaired) electrons. The largest absolute Gasteiger partial charge is 0.488 e. The number of likely N-dealkylation sites (tertiary alicyclic amines) is 4. The zero-order chi connectivity index (χ0) is 99.1. The molecular weight excluding hydrogens is 1800 g/mol. The van der Waals surface area contributed by atoms with Gasteiger partial charge in [-0.1, -0.05) is 150 Å². The summed E-state index contributed by atoms with van der Waals surface area (Å²) in [5.74, 6) is 0.0603. The average Bonchev–Trinajstić information content (AvgIpc) is 1.59. The van der Waals surface area contributed by atoms with Gasteiger partial charge >= 0.3 is 0 Å². The van der Waals surface area contributed by atoms with E-state index in [1.807, 2.05) is 84.6 Å². The van der Waals surface area contributed by atoms with E-state index in [1.54, 1.807) is 27.7 Å². The lowest BCUT2D eigenvalue weighted by Crippen LogP contribution is -2.57. The topological polar surface area (TPSA) is 126 Å². The zero-order valence-electron chi connectivity index (χ0n) is 84.7. The molecule has 752 valence electrons. The van der Waals surface area contributed by atoms with Crippen LogP contribution in [0.25, 0.3) is 43.6 Å². The molecule has 9 atom stereocenters. The number of aromatic nitrogens is 4. The van der Waals surface area contributed by atoms with Crippen molar-refractivity contribution in [2.75, 3.05) is 105 Å². The monoisotopic (exact) mass is 1950 g/mol. The molecular formula is C115H145ClF8N12O4. The Balaban J connectivity index is 0.000000129. The summed E-state index contributed by atoms with van der Waals surface area (Å²) < 4.78 is 144. The van der Waals surface area contributed by atoms with Crippen molar-refractivity contribution < 1.29 is 54.1 Å². The summed E-state index contributed by atoms with van der Waals surface area (Å²) in [5, 5.41) is 5.35. The molecule has 12 aromatic rings. The van der Waals surface area contributed by atoms with Gasteiger partial charge in [-0.3, -0.25) is 43.6 Å². The molecule has 4 aromatic heterocycles. The highest BCUT2D eigenvalue weighted by molar-refractivity contribution is 6.31. The molecule has 4 N–H and O–H groups in total. The van der Waals surface area contributed by atoms with Gasteiger partial charge in [-0.05, 0) is 228 Å². The van der Waals surface area contributed by atoms with Crippen LogP contribution in [0.1, 0.15) is 241 Å². The predicted molar refractivity (Wildman–Crippen MR) is 550 cm³/mol. The first-order chi connectivity index (χ1) is 67.0. The molecule has 140 heavy (non-hydrogen) atoms. The fourth-order valence-corrected chi connectivity index (χ4v) is 23.3. The van der Waals surface area contributed by atoms with Crippen LogP contribution in [0.4, 0.5) is 35.1 Å². The van der Waals surface area contributed by atoms with Gasteiger partial charge in [0.05, 0.1) is 30.8 Å². The molecule has 1 unspecified atom stereocenters. The number of hydrogen-bond donors (Lipinski definition) is 4. The molecule has 0 amide bonds. The third-order valence-corrected chi connectivity index (χ3v) is 29.9. The van der Waals surface area contributed by atoms with Crippen molar-refractivity contribution in [3.8, 4) is 23.0 Å². The molecule has 0 aliphatic carbocycles. The van der Waals surface area contributed by atoms with Gasteiger partial charge in [0, 0.05) is 222 Å². The van der Waals surface area contributed by atoms with Gasteiger partial charge < -0.3 is 38.9 Å². The van der Waals surface area contributed by atoms with Crippen molar-refractivity contribution in [1.29, 1.82) is 0 Å². The van der Waals surface area contributed by atoms with E-state index in [2.05, 4.69) is 183 Å². The molecule has 4 saturated heterocycles. The molecule has 25 heteroatoms. The summed E-state index contributed by atoms with van der Waals surface area (Å²) in [6, 6.07) is 52.0. The van der Waals surface area contributed by atoms with Gasteiger partial charge in [0.15, 0.2) is 0 Å². The number of para-hydroxylation sites is 4. The van der Waals surface area contributed by atoms with E-state index >= 15 is 17.6 Å². The van der Waals surface area contributed by atoms with Crippen LogP contribution in [0.15, 0.2) is 164 Å². The Morgan fingerprint density at radius 2 is 0.729 bits per heavy atom. The maximum atomic E-state index is 15.8. The third-order valence-electron chi connectivity index (χ3n) is 29.6. The van der Waals surface area contributed by atoms with E-state index in [1.165, 1.54) is 78.5 Å². The molecule has 0 bridgehead atoms. The Morgan fingerprint density at radius 1 is 0.386 bits per heavy atom. The van der Waals surface area contributed by atoms with Gasteiger partial charge in [-0.15, -0.1) is 0 Å². The summed E-state index contributed by atoms with van der Waals surface area (Å²) in [4.78, 5) is 32.2. The van der Waals surface area contributed by atoms with Crippen LogP contribution in [0.5, 0.6) is 23.0 Å². The van der Waals surface area contributed by atoms with E-state index in [4.69, 9.17) is 30.5 Å². The van der Waals surface area contributed by atoms with Crippen molar-refractivity contribution in [2.24, 2.45) is 5.92 Å². The predicted octanol–water partition coefficient (Wildman–Crippen LogP) is 25.1. The standard InChI is InChI=1S/C30H38F3N3O.C29H37ClFN3O.2C28H35F2N3O/c1-6-9-18(2)35-15-21(16-35)37-20-13-24(31)27(25(32)14-20)29-28-23(22-10-7-8-11-26(22)34-28)12-19(3)36(29)17-30(4,5)33;1-5-6-13-33-16-21(17-33)35-20-11-12-23(25(30)15-20)28-27-24(22-9-7-8-10-26(22)32-27)14-19(2)34(28)18-29(3,4)31;1-19-15-24-23-7-4-5-8-25(23)31-26(24)27(33(19)18-28(2,3)30)20-9-11-21(12-10-20)34-22-16-32(17-22)14-6-13-29;1-5-10-32-15-20(16-32)34-19-12-23(29)26(24(30)13-19)28-27-22(11-18(4)33(28)14-17(2)3)21-8-6-7-9-25(21)31-27/h7-8,10-11,13-14,18-19,21,29,34H,6,9,12,15-17H2,1-5H3;7-12,15,19,21,28,32H,5-6,13-14,16-18H2,1-4H3;4-5,7-12,19,22,27,31H,6,13-18H2,1-3H3;6-9,12-13,17-18,20,28,31H,5,10-11,14-16H2,1-4H3/t18?,19-,29-;19-,28-;19-,27-;18-,28-/m1111/s1. The molecule has 8 aromatic carbocycles. The number of ether oxygens (including phenoxy) is 4. The Hall–Kier alpha value is -9.47. The molecule has 8 aliphatic heterocycles. The molecule has 4 fully saturated rings. The minimum atomic E-state index is -1.53. The SMILES string of the molecule is CCCC(C)N1CC(Oc2cc(F)c([C@@H]3c4[nH]c5ccccc5c4C[C@@H](C)N3CC(C)(C)F)c(F)c2)C1.CCCCN1CC(Oc2ccc([C@@H]3c4[nH]c5ccccc5c4C[C@@H](C)N3CC(C)(C)F)c(Cl)c2)C1.CCCN1CC(Oc2cc(F)c([C@@H]3c4[nH]c5ccccc5c4C[C@@H](C)N3CC(C)C)c(F)c2)C1.C[C@@H]1Cc2c([nH]c3ccccc23)[C@@H](c2ccc(OC3CN(CCCF)C3)cc2)N1CC(C)(C)F. The lowest BCUT2D eigenvalue weighted by molar-refractivity contribution is -0.00700. The van der Waals surface area contributed by atoms with Crippen LogP contribution in [-0.4, -0.2) is 236 Å². The van der Waals surface area contributed by atoms with Crippen LogP contribution >= 0.6 is 11.6 Å². The number of hydrogen-bond acceptors (Lipinski definition) is 12. The fourth-order valence-electron chi connectivity index (χ4n) is 23.0. The number of rotatable bonds is 31. The Labute approximate surface area is 827 Å². The van der Waals surface area contributed by atoms with E-state index in [9.17, 15) is 17.6 Å². The number of aromatic amines is 4. The molecule has 0 saturated carbocycles. The van der Waals surface area contributed by atoms with Gasteiger partial charge in [0.25, 0.3) is 0 Å². The maximum Gasteiger partial charge on any atom is 0.135 e. The number of alkyl halides is 4. The first-order valence-corrected chi connectivity index (χ1v) is 51.8. The van der Waals surface area contributed by atoms with E-state index in [-0.39, 0.29) is 96.5 Å². The van der Waals surface area contributed by atoms with Crippen LogP contribution < -0.4 is 18.9 Å². The number of unbranched alkanes of at least 4 members (excludes halogenated alkanes) is 1. The van der Waals surface area contributed by atoms with Crippen molar-refractivity contribution in [2.45, 2.75) is 271 Å². The summed E-state index contributed by atoms with van der Waals surface area (Å²) in [5.41, 5.74) is 11.0. The summed E-state index contributed by atoms with van der Waals surface area (Å²) in [6.07, 6.45) is 9.94. The maximum absolute atomic E-state index is 15.8. The first-order valence-electron chi connectivity index (χ1n) is 51.4. The van der Waals surface area contributed by atoms with E-state index in [0.29, 0.717) is 42.9 Å². The number of nitrogens with zero attached hydrogens (tertiary/aromatic N) is 8. The minimum absolute atomic E-state index is 0.0105. The smallest absolute Gasteiger partial charge is 0.135 e. The Bertz CT molecular complexity index is 6170. The number of halogens is 9. The highest BCUT2D eigenvalue weighted by Gasteiger charge is 2.47. The second kappa shape index (κ2) is 43.2. The van der Waals surface area contributed by atoms with Crippen molar-refractivity contribution in [1.82, 2.24) is 59.1 Å². The molecule has 16 nitrogen and oxygen atoms in total. The first kappa shape index (κ1) is 102. The number of benzene rings is 8. The molecule has 12 heterocycles. The third kappa shape index (κ3) is 22.8.